The van der Waals surface area contributed by atoms with Crippen LogP contribution < -0.4 is 5.32 Å². The Morgan fingerprint density at radius 3 is 2.95 bits per heavy atom. The molecular formula is C15H20ClNO3. The molecule has 0 aromatic heterocycles. The molecule has 1 saturated heterocycles. The zero-order valence-electron chi connectivity index (χ0n) is 11.5. The number of nitrogens with one attached hydrogen (secondary N) is 1. The van der Waals surface area contributed by atoms with E-state index >= 15 is 0 Å². The molecule has 20 heavy (non-hydrogen) atoms. The van der Waals surface area contributed by atoms with Crippen molar-refractivity contribution in [1.29, 1.82) is 0 Å². The highest BCUT2D eigenvalue weighted by atomic mass is 35.5. The smallest absolute Gasteiger partial charge is 0.253 e. The number of carbonyl (C=O) groups is 1. The number of halogens is 1. The van der Waals surface area contributed by atoms with Gasteiger partial charge in [0, 0.05) is 29.8 Å². The first-order valence-corrected chi connectivity index (χ1v) is 7.26. The van der Waals surface area contributed by atoms with Crippen LogP contribution in [0.5, 0.6) is 0 Å². The average Bonchev–Trinajstić information content (AvgIpc) is 2.91. The number of hydrogen-bond donors (Lipinski definition) is 2. The molecule has 0 saturated carbocycles. The lowest BCUT2D eigenvalue weighted by Gasteiger charge is -2.19. The Morgan fingerprint density at radius 1 is 1.55 bits per heavy atom. The molecule has 1 fully saturated rings. The molecule has 4 nitrogen and oxygen atoms in total. The van der Waals surface area contributed by atoms with Crippen LogP contribution in [-0.2, 0) is 9.53 Å². The van der Waals surface area contributed by atoms with E-state index in [9.17, 15) is 9.90 Å². The molecule has 0 radical (unpaired) electrons. The predicted molar refractivity (Wildman–Crippen MR) is 77.6 cm³/mol. The molecule has 0 unspecified atom stereocenters. The van der Waals surface area contributed by atoms with Gasteiger partial charge in [0.2, 0.25) is 0 Å². The van der Waals surface area contributed by atoms with Crippen LogP contribution in [0.25, 0.3) is 0 Å². The Balaban J connectivity index is 1.88. The lowest BCUT2D eigenvalue weighted by molar-refractivity contribution is -0.130. The van der Waals surface area contributed by atoms with Crippen LogP contribution in [0.3, 0.4) is 0 Å². The minimum absolute atomic E-state index is 0.00587. The van der Waals surface area contributed by atoms with Crippen LogP contribution in [0.2, 0.25) is 5.02 Å². The molecule has 0 aliphatic carbocycles. The molecule has 3 atom stereocenters. The fourth-order valence-electron chi connectivity index (χ4n) is 2.49. The zero-order valence-corrected chi connectivity index (χ0v) is 12.3. The Bertz CT molecular complexity index is 460. The summed E-state index contributed by atoms with van der Waals surface area (Å²) in [6.45, 7) is 3.50. The minimum Gasteiger partial charge on any atom is -0.381 e. The van der Waals surface area contributed by atoms with Crippen molar-refractivity contribution in [1.82, 2.24) is 5.32 Å². The number of rotatable bonds is 5. The first-order valence-electron chi connectivity index (χ1n) is 6.88. The van der Waals surface area contributed by atoms with Gasteiger partial charge in [-0.25, -0.2) is 0 Å². The molecule has 1 aliphatic heterocycles. The molecule has 5 heteroatoms. The minimum atomic E-state index is -1.23. The van der Waals surface area contributed by atoms with E-state index < -0.39 is 12.0 Å². The number of ether oxygens (including phenoxy) is 1. The Morgan fingerprint density at radius 2 is 2.30 bits per heavy atom. The summed E-state index contributed by atoms with van der Waals surface area (Å²) in [7, 11) is 0. The Hall–Kier alpha value is -1.10. The molecule has 1 aromatic rings. The highest BCUT2D eigenvalue weighted by Crippen LogP contribution is 2.23. The van der Waals surface area contributed by atoms with E-state index in [4.69, 9.17) is 16.3 Å². The highest BCUT2D eigenvalue weighted by molar-refractivity contribution is 6.31. The zero-order chi connectivity index (χ0) is 14.5. The van der Waals surface area contributed by atoms with Crippen molar-refractivity contribution in [3.05, 3.63) is 34.9 Å². The predicted octanol–water partition coefficient (Wildman–Crippen LogP) is 2.30. The van der Waals surface area contributed by atoms with Gasteiger partial charge in [-0.1, -0.05) is 29.8 Å². The van der Waals surface area contributed by atoms with E-state index in [1.54, 1.807) is 24.3 Å². The quantitative estimate of drug-likeness (QED) is 0.877. The molecule has 110 valence electrons. The Labute approximate surface area is 124 Å². The van der Waals surface area contributed by atoms with Crippen LogP contribution >= 0.6 is 11.6 Å². The fraction of sp³-hybridized carbons (Fsp3) is 0.533. The summed E-state index contributed by atoms with van der Waals surface area (Å²) in [5, 5.41) is 13.3. The van der Waals surface area contributed by atoms with Gasteiger partial charge in [0.25, 0.3) is 5.91 Å². The third-order valence-electron chi connectivity index (χ3n) is 3.55. The first-order chi connectivity index (χ1) is 9.58. The van der Waals surface area contributed by atoms with E-state index in [0.717, 1.165) is 26.1 Å². The van der Waals surface area contributed by atoms with Gasteiger partial charge >= 0.3 is 0 Å². The molecule has 0 bridgehead atoms. The van der Waals surface area contributed by atoms with Gasteiger partial charge in [0.1, 0.15) is 0 Å². The average molecular weight is 298 g/mol. The van der Waals surface area contributed by atoms with Crippen molar-refractivity contribution < 1.29 is 14.6 Å². The summed E-state index contributed by atoms with van der Waals surface area (Å²) in [6, 6.07) is 6.83. The van der Waals surface area contributed by atoms with Gasteiger partial charge in [-0.15, -0.1) is 0 Å². The van der Waals surface area contributed by atoms with E-state index in [2.05, 4.69) is 5.32 Å². The summed E-state index contributed by atoms with van der Waals surface area (Å²) in [6.07, 6.45) is 0.667. The number of benzene rings is 1. The summed E-state index contributed by atoms with van der Waals surface area (Å²) in [5.74, 6) is 0.0762. The first kappa shape index (κ1) is 15.3. The monoisotopic (exact) mass is 297 g/mol. The maximum Gasteiger partial charge on any atom is 0.253 e. The van der Waals surface area contributed by atoms with Gasteiger partial charge in [0.15, 0.2) is 6.10 Å². The van der Waals surface area contributed by atoms with E-state index in [1.165, 1.54) is 0 Å². The molecular weight excluding hydrogens is 278 g/mol. The van der Waals surface area contributed by atoms with Crippen molar-refractivity contribution >= 4 is 17.5 Å². The largest absolute Gasteiger partial charge is 0.381 e. The standard InChI is InChI=1S/C15H20ClNO3/c1-10(8-11-6-7-20-9-11)17-15(19)14(18)12-4-2-3-5-13(12)16/h2-5,10-11,14,18H,6-9H2,1H3,(H,17,19)/t10-,11-,14+/m0/s1. The second-order valence-corrected chi connectivity index (χ2v) is 5.71. The number of amides is 1. The van der Waals surface area contributed by atoms with Crippen molar-refractivity contribution in [2.45, 2.75) is 31.9 Å². The number of carbonyl (C=O) groups excluding carboxylic acids is 1. The van der Waals surface area contributed by atoms with Gasteiger partial charge < -0.3 is 15.2 Å². The summed E-state index contributed by atoms with van der Waals surface area (Å²) in [5.41, 5.74) is 0.433. The molecule has 2 N–H and O–H groups in total. The van der Waals surface area contributed by atoms with Crippen LogP contribution in [0.4, 0.5) is 0 Å². The van der Waals surface area contributed by atoms with E-state index in [-0.39, 0.29) is 6.04 Å². The van der Waals surface area contributed by atoms with Gasteiger partial charge in [-0.05, 0) is 31.7 Å². The van der Waals surface area contributed by atoms with E-state index in [0.29, 0.717) is 16.5 Å². The van der Waals surface area contributed by atoms with Crippen molar-refractivity contribution in [2.75, 3.05) is 13.2 Å². The van der Waals surface area contributed by atoms with Crippen molar-refractivity contribution in [2.24, 2.45) is 5.92 Å². The summed E-state index contributed by atoms with van der Waals surface area (Å²) < 4.78 is 5.32. The maximum absolute atomic E-state index is 12.0. The SMILES string of the molecule is C[C@@H](C[C@@H]1CCOC1)NC(=O)[C@H](O)c1ccccc1Cl. The maximum atomic E-state index is 12.0. The van der Waals surface area contributed by atoms with Crippen LogP contribution in [0.1, 0.15) is 31.4 Å². The number of hydrogen-bond acceptors (Lipinski definition) is 3. The fourth-order valence-corrected chi connectivity index (χ4v) is 2.73. The summed E-state index contributed by atoms with van der Waals surface area (Å²) in [4.78, 5) is 12.0. The van der Waals surface area contributed by atoms with Crippen molar-refractivity contribution in [3.8, 4) is 0 Å². The lowest BCUT2D eigenvalue weighted by Crippen LogP contribution is -2.37. The molecule has 1 aliphatic rings. The van der Waals surface area contributed by atoms with E-state index in [1.807, 2.05) is 6.92 Å². The molecule has 1 aromatic carbocycles. The molecule has 0 spiro atoms. The molecule has 2 rings (SSSR count). The van der Waals surface area contributed by atoms with Gasteiger partial charge in [0.05, 0.1) is 0 Å². The van der Waals surface area contributed by atoms with Gasteiger partial charge in [-0.2, -0.15) is 0 Å². The van der Waals surface area contributed by atoms with Crippen LogP contribution in [0.15, 0.2) is 24.3 Å². The molecule has 1 amide bonds. The van der Waals surface area contributed by atoms with Crippen molar-refractivity contribution in [3.63, 3.8) is 0 Å². The highest BCUT2D eigenvalue weighted by Gasteiger charge is 2.23. The Kier molecular flexibility index (Phi) is 5.40. The lowest BCUT2D eigenvalue weighted by atomic mass is 10.00. The number of aliphatic hydroxyl groups is 1. The van der Waals surface area contributed by atoms with Crippen LogP contribution in [0, 0.1) is 5.92 Å². The van der Waals surface area contributed by atoms with Crippen LogP contribution in [-0.4, -0.2) is 30.3 Å². The second kappa shape index (κ2) is 7.07. The number of aliphatic hydroxyl groups excluding tert-OH is 1. The molecule has 1 heterocycles. The summed E-state index contributed by atoms with van der Waals surface area (Å²) >= 11 is 5.98. The third-order valence-corrected chi connectivity index (χ3v) is 3.89. The topological polar surface area (TPSA) is 58.6 Å². The second-order valence-electron chi connectivity index (χ2n) is 5.30. The normalized spacial score (nSPS) is 21.4. The van der Waals surface area contributed by atoms with Gasteiger partial charge in [-0.3, -0.25) is 4.79 Å². The third kappa shape index (κ3) is 3.95.